The quantitative estimate of drug-likeness (QED) is 0.0204. The minimum atomic E-state index is -1.78. The van der Waals surface area contributed by atoms with Crippen LogP contribution in [0.25, 0.3) is 0 Å². The van der Waals surface area contributed by atoms with Crippen molar-refractivity contribution in [1.29, 1.82) is 0 Å². The van der Waals surface area contributed by atoms with Crippen molar-refractivity contribution in [3.63, 3.8) is 0 Å². The zero-order chi connectivity index (χ0) is 68.0. The number of carbonyl (C=O) groups excluding carboxylic acids is 1. The Bertz CT molecular complexity index is 1620. The molecule has 0 aromatic rings. The van der Waals surface area contributed by atoms with Crippen LogP contribution in [0, 0.1) is 0 Å². The molecule has 14 heteroatoms. The highest BCUT2D eigenvalue weighted by molar-refractivity contribution is 5.76. The van der Waals surface area contributed by atoms with Crippen LogP contribution in [0.2, 0.25) is 0 Å². The molecule has 558 valence electrons. The van der Waals surface area contributed by atoms with Gasteiger partial charge in [0, 0.05) is 6.42 Å². The maximum Gasteiger partial charge on any atom is 0.220 e. The number of hydrogen-bond acceptors (Lipinski definition) is 13. The molecule has 2 rings (SSSR count). The zero-order valence-corrected chi connectivity index (χ0v) is 61.2. The van der Waals surface area contributed by atoms with Gasteiger partial charge in [0.05, 0.1) is 32.0 Å². The Balaban J connectivity index is 1.58. The second-order valence-corrected chi connectivity index (χ2v) is 29.3. The monoisotopic (exact) mass is 1340 g/mol. The Morgan fingerprint density at radius 3 is 1.01 bits per heavy atom. The summed E-state index contributed by atoms with van der Waals surface area (Å²) in [6.07, 6.45) is 65.5. The number of ether oxygens (including phenoxy) is 4. The Labute approximate surface area is 577 Å². The van der Waals surface area contributed by atoms with Crippen molar-refractivity contribution in [2.24, 2.45) is 0 Å². The van der Waals surface area contributed by atoms with Gasteiger partial charge < -0.3 is 65.1 Å². The third kappa shape index (κ3) is 47.7. The first-order chi connectivity index (χ1) is 46.1. The van der Waals surface area contributed by atoms with Crippen LogP contribution < -0.4 is 5.32 Å². The lowest BCUT2D eigenvalue weighted by atomic mass is 9.97. The first-order valence-corrected chi connectivity index (χ1v) is 40.9. The molecule has 2 saturated heterocycles. The van der Waals surface area contributed by atoms with E-state index in [1.165, 1.54) is 321 Å². The first-order valence-electron chi connectivity index (χ1n) is 40.9. The van der Waals surface area contributed by atoms with Crippen molar-refractivity contribution in [3.8, 4) is 0 Å². The lowest BCUT2D eigenvalue weighted by molar-refractivity contribution is -0.359. The fraction of sp³-hybridized carbons (Fsp3) is 0.963. The maximum absolute atomic E-state index is 13.4. The minimum absolute atomic E-state index is 0.196. The Morgan fingerprint density at radius 1 is 0.372 bits per heavy atom. The fourth-order valence-corrected chi connectivity index (χ4v) is 14.0. The van der Waals surface area contributed by atoms with Crippen LogP contribution in [0.15, 0.2) is 12.2 Å². The summed E-state index contributed by atoms with van der Waals surface area (Å²) in [5.41, 5.74) is 0. The summed E-state index contributed by atoms with van der Waals surface area (Å²) in [5.74, 6) is -0.196. The minimum Gasteiger partial charge on any atom is -0.394 e. The largest absolute Gasteiger partial charge is 0.394 e. The Morgan fingerprint density at radius 2 is 0.670 bits per heavy atom. The van der Waals surface area contributed by atoms with Gasteiger partial charge in [-0.2, -0.15) is 0 Å². The average molecular weight is 1340 g/mol. The molecule has 12 unspecified atom stereocenters. The summed E-state index contributed by atoms with van der Waals surface area (Å²) >= 11 is 0. The van der Waals surface area contributed by atoms with Gasteiger partial charge in [0.25, 0.3) is 0 Å². The van der Waals surface area contributed by atoms with Crippen molar-refractivity contribution < 1.29 is 64.6 Å². The third-order valence-electron chi connectivity index (χ3n) is 20.5. The van der Waals surface area contributed by atoms with E-state index in [-0.39, 0.29) is 12.5 Å². The van der Waals surface area contributed by atoms with Crippen LogP contribution in [-0.4, -0.2) is 140 Å². The third-order valence-corrected chi connectivity index (χ3v) is 20.5. The summed E-state index contributed by atoms with van der Waals surface area (Å²) in [7, 11) is 0. The van der Waals surface area contributed by atoms with Crippen LogP contribution in [-0.2, 0) is 23.7 Å². The predicted molar refractivity (Wildman–Crippen MR) is 388 cm³/mol. The van der Waals surface area contributed by atoms with E-state index in [1.807, 2.05) is 0 Å². The molecule has 94 heavy (non-hydrogen) atoms. The molecule has 2 aliphatic rings. The van der Waals surface area contributed by atoms with E-state index < -0.39 is 86.8 Å². The van der Waals surface area contributed by atoms with Crippen molar-refractivity contribution in [2.45, 2.75) is 473 Å². The molecular formula is C80H155NO13. The van der Waals surface area contributed by atoms with Crippen LogP contribution in [0.5, 0.6) is 0 Å². The molecule has 0 aliphatic carbocycles. The molecule has 9 N–H and O–H groups in total. The number of allylic oxidation sites excluding steroid dienone is 2. The van der Waals surface area contributed by atoms with Gasteiger partial charge in [-0.1, -0.05) is 366 Å². The standard InChI is InChI=1S/C80H155NO13/c1-3-5-7-9-11-13-15-17-19-21-23-25-27-29-30-31-32-33-34-35-36-37-38-40-42-44-46-48-50-52-54-56-58-60-62-64-72(85)81-68(67-91-79-77(90)75(88)78(71(66-83)93-79)94-80-76(89)74(87)73(86)70(65-82)92-80)69(84)63-61-59-57-55-53-51-49-47-45-43-41-39-28-26-24-22-20-18-16-14-12-10-8-6-4-2/h21,23,68-71,73-80,82-84,86-90H,3-20,22,24-67H2,1-2H3,(H,81,85)/b23-21-. The lowest BCUT2D eigenvalue weighted by Crippen LogP contribution is -2.65. The van der Waals surface area contributed by atoms with Crippen molar-refractivity contribution >= 4 is 5.91 Å². The van der Waals surface area contributed by atoms with E-state index in [0.717, 1.165) is 51.4 Å². The molecule has 0 aromatic heterocycles. The number of nitrogens with one attached hydrogen (secondary N) is 1. The molecule has 0 radical (unpaired) electrons. The van der Waals surface area contributed by atoms with Gasteiger partial charge in [0.15, 0.2) is 12.6 Å². The number of carbonyl (C=O) groups is 1. The molecule has 2 aliphatic heterocycles. The highest BCUT2D eigenvalue weighted by Crippen LogP contribution is 2.31. The van der Waals surface area contributed by atoms with E-state index >= 15 is 0 Å². The number of amides is 1. The number of rotatable bonds is 70. The molecule has 0 saturated carbocycles. The van der Waals surface area contributed by atoms with Crippen LogP contribution in [0.3, 0.4) is 0 Å². The van der Waals surface area contributed by atoms with E-state index in [4.69, 9.17) is 18.9 Å². The number of aliphatic hydroxyl groups is 8. The Hall–Kier alpha value is -1.27. The van der Waals surface area contributed by atoms with Crippen molar-refractivity contribution in [1.82, 2.24) is 5.32 Å². The van der Waals surface area contributed by atoms with Gasteiger partial charge in [-0.25, -0.2) is 0 Å². The van der Waals surface area contributed by atoms with Gasteiger partial charge in [0.1, 0.15) is 48.8 Å². The van der Waals surface area contributed by atoms with Crippen molar-refractivity contribution in [3.05, 3.63) is 12.2 Å². The SMILES string of the molecule is CCCCCCCCCC/C=C\CCCCCCCCCCCCCCCCCCCCCCCCCC(=O)NC(COC1OC(CO)C(OC2OC(CO)C(O)C(O)C2O)C(O)C1O)C(O)CCCCCCCCCCCCCCCCCCCCCCCCCCC. The molecule has 1 amide bonds. The summed E-state index contributed by atoms with van der Waals surface area (Å²) in [6, 6.07) is -0.827. The highest BCUT2D eigenvalue weighted by Gasteiger charge is 2.51. The number of unbranched alkanes of at least 4 members (excludes halogenated alkanes) is 55. The van der Waals surface area contributed by atoms with Crippen LogP contribution in [0.1, 0.15) is 399 Å². The summed E-state index contributed by atoms with van der Waals surface area (Å²) in [4.78, 5) is 13.4. The topological polar surface area (TPSA) is 228 Å². The van der Waals surface area contributed by atoms with Gasteiger partial charge in [0.2, 0.25) is 5.91 Å². The van der Waals surface area contributed by atoms with Gasteiger partial charge in [-0.15, -0.1) is 0 Å². The lowest BCUT2D eigenvalue weighted by Gasteiger charge is -2.46. The van der Waals surface area contributed by atoms with E-state index in [2.05, 4.69) is 31.3 Å². The highest BCUT2D eigenvalue weighted by atomic mass is 16.7. The smallest absolute Gasteiger partial charge is 0.220 e. The fourth-order valence-electron chi connectivity index (χ4n) is 14.0. The van der Waals surface area contributed by atoms with E-state index in [1.54, 1.807) is 0 Å². The average Bonchev–Trinajstić information content (AvgIpc) is 0.794. The molecule has 0 spiro atoms. The number of hydrogen-bond donors (Lipinski definition) is 9. The zero-order valence-electron chi connectivity index (χ0n) is 61.2. The predicted octanol–water partition coefficient (Wildman–Crippen LogP) is 18.5. The summed E-state index contributed by atoms with van der Waals surface area (Å²) < 4.78 is 23.0. The maximum atomic E-state index is 13.4. The molecule has 0 aromatic carbocycles. The molecule has 14 nitrogen and oxygen atoms in total. The Kier molecular flexibility index (Phi) is 61.5. The van der Waals surface area contributed by atoms with E-state index in [9.17, 15) is 45.6 Å². The van der Waals surface area contributed by atoms with E-state index in [0.29, 0.717) is 12.8 Å². The first kappa shape index (κ1) is 88.8. The molecule has 0 bridgehead atoms. The molecule has 12 atom stereocenters. The van der Waals surface area contributed by atoms with Gasteiger partial charge >= 0.3 is 0 Å². The van der Waals surface area contributed by atoms with Crippen LogP contribution >= 0.6 is 0 Å². The second-order valence-electron chi connectivity index (χ2n) is 29.3. The van der Waals surface area contributed by atoms with Gasteiger partial charge in [-0.3, -0.25) is 4.79 Å². The molecular weight excluding hydrogens is 1180 g/mol. The normalized spacial score (nSPS) is 22.4. The van der Waals surface area contributed by atoms with Crippen LogP contribution in [0.4, 0.5) is 0 Å². The second kappa shape index (κ2) is 65.1. The summed E-state index contributed by atoms with van der Waals surface area (Å²) in [6.45, 7) is 2.94. The molecule has 2 heterocycles. The van der Waals surface area contributed by atoms with Gasteiger partial charge in [-0.05, 0) is 38.5 Å². The number of aliphatic hydroxyl groups excluding tert-OH is 8. The summed E-state index contributed by atoms with van der Waals surface area (Å²) in [5, 5.41) is 87.9. The molecule has 2 fully saturated rings. The van der Waals surface area contributed by atoms with Crippen molar-refractivity contribution in [2.75, 3.05) is 19.8 Å².